The Kier molecular flexibility index (Phi) is 13.0. The van der Waals surface area contributed by atoms with Crippen molar-refractivity contribution in [3.8, 4) is 22.5 Å². The van der Waals surface area contributed by atoms with Crippen LogP contribution in [-0.4, -0.2) is 93.1 Å². The highest BCUT2D eigenvalue weighted by Gasteiger charge is 2.39. The molecular formula is C50H58N8O6. The van der Waals surface area contributed by atoms with Crippen molar-refractivity contribution in [1.29, 1.82) is 0 Å². The second-order valence-corrected chi connectivity index (χ2v) is 17.6. The van der Waals surface area contributed by atoms with Gasteiger partial charge in [-0.25, -0.2) is 19.6 Å². The lowest BCUT2D eigenvalue weighted by atomic mass is 9.85. The van der Waals surface area contributed by atoms with E-state index in [1.54, 1.807) is 0 Å². The van der Waals surface area contributed by atoms with Crippen LogP contribution >= 0.6 is 0 Å². The lowest BCUT2D eigenvalue weighted by molar-refractivity contribution is -0.136. The van der Waals surface area contributed by atoms with Gasteiger partial charge in [0.15, 0.2) is 0 Å². The quantitative estimate of drug-likeness (QED) is 0.103. The number of aromatic amines is 2. The number of imidazole rings is 2. The average Bonchev–Trinajstić information content (AvgIpc) is 4.16. The molecule has 334 valence electrons. The molecule has 0 saturated carbocycles. The number of methoxy groups -OCH3 is 2. The molecule has 2 aromatic carbocycles. The molecule has 2 aliphatic heterocycles. The van der Waals surface area contributed by atoms with E-state index in [9.17, 15) is 19.2 Å². The Morgan fingerprint density at radius 3 is 1.62 bits per heavy atom. The zero-order valence-corrected chi connectivity index (χ0v) is 37.4. The van der Waals surface area contributed by atoms with Gasteiger partial charge in [0.25, 0.3) is 0 Å². The van der Waals surface area contributed by atoms with E-state index in [-0.39, 0.29) is 41.7 Å². The first-order chi connectivity index (χ1) is 30.9. The van der Waals surface area contributed by atoms with Crippen molar-refractivity contribution >= 4 is 35.1 Å². The molecule has 4 N–H and O–H groups in total. The van der Waals surface area contributed by atoms with Crippen molar-refractivity contribution in [2.24, 2.45) is 17.8 Å². The molecule has 2 saturated heterocycles. The molecule has 2 aliphatic carbocycles. The SMILES string of the molecule is COC(=O)N[C@H](C(=O)N1CCC[C@H]1c1ncc(-c2ccc(C3=CC=CC3C3=C(c4ccc(-c5cnc([C@@H]6CCCN6C(=O)[C@@H](NC(=O)OC)C(C)C)[nH]5)cc4)CC=C3)cc2)[nH]1)C(C)C. The van der Waals surface area contributed by atoms with E-state index in [1.807, 2.05) is 49.9 Å². The second-order valence-electron chi connectivity index (χ2n) is 17.6. The summed E-state index contributed by atoms with van der Waals surface area (Å²) in [4.78, 5) is 71.4. The van der Waals surface area contributed by atoms with Crippen molar-refractivity contribution in [3.05, 3.63) is 120 Å². The predicted octanol–water partition coefficient (Wildman–Crippen LogP) is 8.54. The average molecular weight is 867 g/mol. The molecule has 5 atom stereocenters. The van der Waals surface area contributed by atoms with Gasteiger partial charge in [0, 0.05) is 19.0 Å². The zero-order valence-electron chi connectivity index (χ0n) is 37.4. The number of allylic oxidation sites excluding steroid dienone is 8. The van der Waals surface area contributed by atoms with Crippen molar-refractivity contribution in [3.63, 3.8) is 0 Å². The topological polar surface area (TPSA) is 175 Å². The van der Waals surface area contributed by atoms with Crippen LogP contribution < -0.4 is 10.6 Å². The lowest BCUT2D eigenvalue weighted by Crippen LogP contribution is -2.51. The number of aromatic nitrogens is 4. The van der Waals surface area contributed by atoms with E-state index in [2.05, 4.69) is 99.5 Å². The van der Waals surface area contributed by atoms with Crippen LogP contribution in [0.25, 0.3) is 33.7 Å². The summed E-state index contributed by atoms with van der Waals surface area (Å²) in [5, 5.41) is 5.43. The van der Waals surface area contributed by atoms with E-state index in [4.69, 9.17) is 19.4 Å². The first-order valence-corrected chi connectivity index (χ1v) is 22.3. The van der Waals surface area contributed by atoms with Crippen LogP contribution in [0.4, 0.5) is 9.59 Å². The Hall–Kier alpha value is -6.70. The van der Waals surface area contributed by atoms with Gasteiger partial charge in [-0.1, -0.05) is 107 Å². The Morgan fingerprint density at radius 1 is 0.688 bits per heavy atom. The van der Waals surface area contributed by atoms with E-state index < -0.39 is 24.3 Å². The fourth-order valence-electron chi connectivity index (χ4n) is 9.51. The first kappa shape index (κ1) is 43.9. The highest BCUT2D eigenvalue weighted by Crippen LogP contribution is 2.43. The van der Waals surface area contributed by atoms with Gasteiger partial charge in [0.2, 0.25) is 11.8 Å². The van der Waals surface area contributed by atoms with E-state index in [0.717, 1.165) is 71.8 Å². The number of benzene rings is 2. The molecule has 14 heteroatoms. The number of carbonyl (C=O) groups is 4. The molecule has 1 unspecified atom stereocenters. The van der Waals surface area contributed by atoms with Gasteiger partial charge >= 0.3 is 12.2 Å². The number of nitrogens with one attached hydrogen (secondary N) is 4. The summed E-state index contributed by atoms with van der Waals surface area (Å²) in [6, 6.07) is 15.4. The molecule has 8 rings (SSSR count). The minimum absolute atomic E-state index is 0.105. The minimum atomic E-state index is -0.688. The second kappa shape index (κ2) is 19.0. The minimum Gasteiger partial charge on any atom is -0.453 e. The maximum absolute atomic E-state index is 13.6. The van der Waals surface area contributed by atoms with Crippen LogP contribution in [0.15, 0.2) is 96.9 Å². The maximum Gasteiger partial charge on any atom is 0.407 e. The van der Waals surface area contributed by atoms with E-state index >= 15 is 0 Å². The third-order valence-corrected chi connectivity index (χ3v) is 13.0. The van der Waals surface area contributed by atoms with Gasteiger partial charge in [-0.3, -0.25) is 9.59 Å². The number of rotatable bonds is 13. The highest BCUT2D eigenvalue weighted by molar-refractivity contribution is 5.88. The molecule has 0 bridgehead atoms. The number of likely N-dealkylation sites (tertiary alicyclic amines) is 2. The van der Waals surface area contributed by atoms with Crippen LogP contribution in [0, 0.1) is 17.8 Å². The summed E-state index contributed by atoms with van der Waals surface area (Å²) in [5.74, 6) is 1.11. The number of nitrogens with zero attached hydrogens (tertiary/aromatic N) is 4. The Bertz CT molecular complexity index is 2490. The molecule has 64 heavy (non-hydrogen) atoms. The van der Waals surface area contributed by atoms with Gasteiger partial charge in [0.1, 0.15) is 23.7 Å². The van der Waals surface area contributed by atoms with Gasteiger partial charge in [-0.2, -0.15) is 0 Å². The third-order valence-electron chi connectivity index (χ3n) is 13.0. The zero-order chi connectivity index (χ0) is 45.1. The summed E-state index contributed by atoms with van der Waals surface area (Å²) in [5.41, 5.74) is 9.88. The summed E-state index contributed by atoms with van der Waals surface area (Å²) < 4.78 is 9.57. The molecule has 4 heterocycles. The lowest BCUT2D eigenvalue weighted by Gasteiger charge is -2.30. The highest BCUT2D eigenvalue weighted by atomic mass is 16.5. The molecular weight excluding hydrogens is 809 g/mol. The van der Waals surface area contributed by atoms with Crippen molar-refractivity contribution < 1.29 is 28.7 Å². The van der Waals surface area contributed by atoms with Gasteiger partial charge in [-0.05, 0) is 82.9 Å². The van der Waals surface area contributed by atoms with Crippen LogP contribution in [-0.2, 0) is 19.1 Å². The Morgan fingerprint density at radius 2 is 1.16 bits per heavy atom. The molecule has 14 nitrogen and oxygen atoms in total. The van der Waals surface area contributed by atoms with E-state index in [0.29, 0.717) is 13.1 Å². The Labute approximate surface area is 374 Å². The summed E-state index contributed by atoms with van der Waals surface area (Å²) in [6.07, 6.45) is 17.6. The van der Waals surface area contributed by atoms with Gasteiger partial charge in [-0.15, -0.1) is 0 Å². The van der Waals surface area contributed by atoms with Gasteiger partial charge in [0.05, 0.1) is 50.1 Å². The van der Waals surface area contributed by atoms with E-state index in [1.165, 1.54) is 36.5 Å². The summed E-state index contributed by atoms with van der Waals surface area (Å²) in [6.45, 7) is 8.84. The predicted molar refractivity (Wildman–Crippen MR) is 245 cm³/mol. The normalized spacial score (nSPS) is 20.3. The molecule has 4 aromatic rings. The molecule has 4 aliphatic rings. The monoisotopic (exact) mass is 866 g/mol. The number of amides is 4. The summed E-state index contributed by atoms with van der Waals surface area (Å²) >= 11 is 0. The van der Waals surface area contributed by atoms with Crippen molar-refractivity contribution in [2.45, 2.75) is 84.0 Å². The van der Waals surface area contributed by atoms with Crippen LogP contribution in [0.5, 0.6) is 0 Å². The molecule has 2 aromatic heterocycles. The standard InChI is InChI=1S/C50H58N8O6/c1-29(2)43(55-49(61)63-5)47(59)57-25-9-15-41(57)45-51-27-39(53-45)33-21-17-31(18-22-33)35-11-7-13-37(35)38-14-8-12-36(38)32-19-23-34(24-20-32)40-28-52-46(54-40)42-16-10-26-58(42)48(60)44(30(3)4)56-50(62)64-6/h7-8,11,13-14,17-24,27-30,37,41-44H,9-10,12,15-16,25-26H2,1-6H3,(H,51,53)(H,52,54)(H,55,61)(H,56,62)/t37?,41-,42-,43-,44-/m0/s1. The van der Waals surface area contributed by atoms with Crippen molar-refractivity contribution in [1.82, 2.24) is 40.4 Å². The van der Waals surface area contributed by atoms with Gasteiger partial charge < -0.3 is 39.9 Å². The molecule has 0 radical (unpaired) electrons. The number of hydrogen-bond donors (Lipinski definition) is 4. The largest absolute Gasteiger partial charge is 0.453 e. The number of H-pyrrole nitrogens is 2. The number of ether oxygens (including phenoxy) is 2. The number of alkyl carbamates (subject to hydrolysis) is 2. The molecule has 0 spiro atoms. The summed E-state index contributed by atoms with van der Waals surface area (Å²) in [7, 11) is 2.59. The van der Waals surface area contributed by atoms with Crippen LogP contribution in [0.1, 0.15) is 94.7 Å². The van der Waals surface area contributed by atoms with Crippen LogP contribution in [0.3, 0.4) is 0 Å². The fourth-order valence-corrected chi connectivity index (χ4v) is 9.51. The third kappa shape index (κ3) is 8.91. The maximum atomic E-state index is 13.6. The van der Waals surface area contributed by atoms with Crippen molar-refractivity contribution in [2.75, 3.05) is 27.3 Å². The smallest absolute Gasteiger partial charge is 0.407 e. The molecule has 2 fully saturated rings. The fraction of sp³-hybridized carbons (Fsp3) is 0.400. The number of carbonyl (C=O) groups excluding carboxylic acids is 4. The first-order valence-electron chi connectivity index (χ1n) is 22.3. The van der Waals surface area contributed by atoms with Crippen LogP contribution in [0.2, 0.25) is 0 Å². The Balaban J connectivity index is 0.938. The molecule has 4 amide bonds. The number of hydrogen-bond acceptors (Lipinski definition) is 8.